The molecule has 150 valence electrons. The van der Waals surface area contributed by atoms with Crippen LogP contribution in [-0.4, -0.2) is 56.2 Å². The summed E-state index contributed by atoms with van der Waals surface area (Å²) in [7, 11) is 0. The number of rotatable bonds is 5. The Morgan fingerprint density at radius 1 is 1.11 bits per heavy atom. The van der Waals surface area contributed by atoms with E-state index in [1.807, 2.05) is 18.2 Å². The minimum Gasteiger partial charge on any atom is -0.391 e. The fraction of sp³-hybridized carbons (Fsp3) is 0.591. The van der Waals surface area contributed by atoms with Gasteiger partial charge in [0.25, 0.3) is 0 Å². The van der Waals surface area contributed by atoms with Crippen molar-refractivity contribution in [3.8, 4) is 11.5 Å². The molecule has 4 rings (SSSR count). The van der Waals surface area contributed by atoms with Gasteiger partial charge in [0.15, 0.2) is 5.82 Å². The van der Waals surface area contributed by atoms with Gasteiger partial charge in [-0.3, -0.25) is 9.88 Å². The van der Waals surface area contributed by atoms with Crippen LogP contribution >= 0.6 is 0 Å². The summed E-state index contributed by atoms with van der Waals surface area (Å²) >= 11 is 0. The molecule has 2 fully saturated rings. The zero-order valence-electron chi connectivity index (χ0n) is 16.7. The van der Waals surface area contributed by atoms with Crippen LogP contribution in [0.15, 0.2) is 30.5 Å². The third-order valence-electron chi connectivity index (χ3n) is 6.08. The number of aliphatic hydroxyl groups excluding tert-OH is 1. The van der Waals surface area contributed by atoms with Gasteiger partial charge in [0.1, 0.15) is 11.5 Å². The Morgan fingerprint density at radius 2 is 1.93 bits per heavy atom. The normalized spacial score (nSPS) is 24.2. The summed E-state index contributed by atoms with van der Waals surface area (Å²) in [5.74, 6) is 1.58. The highest BCUT2D eigenvalue weighted by molar-refractivity contribution is 5.53. The first-order valence-electron chi connectivity index (χ1n) is 10.7. The lowest BCUT2D eigenvalue weighted by Crippen LogP contribution is -2.50. The third kappa shape index (κ3) is 4.50. The molecule has 6 nitrogen and oxygen atoms in total. The number of hydrogen-bond donors (Lipinski definition) is 2. The Labute approximate surface area is 167 Å². The molecule has 2 atom stereocenters. The van der Waals surface area contributed by atoms with Crippen LogP contribution in [0, 0.1) is 0 Å². The van der Waals surface area contributed by atoms with Crippen LogP contribution in [-0.2, 0) is 6.42 Å². The van der Waals surface area contributed by atoms with E-state index >= 15 is 0 Å². The van der Waals surface area contributed by atoms with Gasteiger partial charge in [-0.15, -0.1) is 0 Å². The fourth-order valence-electron chi connectivity index (χ4n) is 4.46. The van der Waals surface area contributed by atoms with Gasteiger partial charge in [0.05, 0.1) is 6.10 Å². The molecular formula is C22H31N5O. The molecule has 2 aromatic rings. The zero-order chi connectivity index (χ0) is 19.3. The standard InChI is InChI=1S/C22H31N5O/c1-2-16-15-21(26-22(25-16)18-7-5-6-12-23-18)24-17-10-13-27(14-11-17)19-8-3-4-9-20(19)28/h5-7,12,15,17,19-20,28H,2-4,8-11,13-14H2,1H3,(H,24,25,26). The lowest BCUT2D eigenvalue weighted by molar-refractivity contribution is 0.00992. The summed E-state index contributed by atoms with van der Waals surface area (Å²) in [6, 6.07) is 8.65. The van der Waals surface area contributed by atoms with Crippen molar-refractivity contribution in [2.24, 2.45) is 0 Å². The average Bonchev–Trinajstić information content (AvgIpc) is 2.75. The Morgan fingerprint density at radius 3 is 2.64 bits per heavy atom. The Bertz CT molecular complexity index is 761. The molecule has 0 radical (unpaired) electrons. The third-order valence-corrected chi connectivity index (χ3v) is 6.08. The van der Waals surface area contributed by atoms with Crippen molar-refractivity contribution in [1.82, 2.24) is 19.9 Å². The maximum Gasteiger partial charge on any atom is 0.180 e. The highest BCUT2D eigenvalue weighted by atomic mass is 16.3. The molecular weight excluding hydrogens is 350 g/mol. The topological polar surface area (TPSA) is 74.2 Å². The highest BCUT2D eigenvalue weighted by Crippen LogP contribution is 2.27. The summed E-state index contributed by atoms with van der Waals surface area (Å²) in [5, 5.41) is 14.0. The van der Waals surface area contributed by atoms with Crippen molar-refractivity contribution in [2.75, 3.05) is 18.4 Å². The molecule has 28 heavy (non-hydrogen) atoms. The first-order valence-corrected chi connectivity index (χ1v) is 10.7. The van der Waals surface area contributed by atoms with E-state index < -0.39 is 0 Å². The molecule has 2 aliphatic rings. The van der Waals surface area contributed by atoms with Gasteiger partial charge in [0.2, 0.25) is 0 Å². The van der Waals surface area contributed by atoms with Crippen molar-refractivity contribution in [2.45, 2.75) is 70.1 Å². The predicted octanol–water partition coefficient (Wildman–Crippen LogP) is 3.28. The van der Waals surface area contributed by atoms with Crippen LogP contribution in [0.3, 0.4) is 0 Å². The molecule has 1 aliphatic carbocycles. The number of aryl methyl sites for hydroxylation is 1. The number of aromatic nitrogens is 3. The van der Waals surface area contributed by atoms with Gasteiger partial charge in [-0.1, -0.05) is 25.8 Å². The molecule has 0 amide bonds. The monoisotopic (exact) mass is 381 g/mol. The number of nitrogens with one attached hydrogen (secondary N) is 1. The molecule has 1 saturated heterocycles. The molecule has 0 spiro atoms. The van der Waals surface area contributed by atoms with Crippen LogP contribution < -0.4 is 5.32 Å². The highest BCUT2D eigenvalue weighted by Gasteiger charge is 2.31. The zero-order valence-corrected chi connectivity index (χ0v) is 16.7. The van der Waals surface area contributed by atoms with E-state index in [2.05, 4.69) is 33.2 Å². The second-order valence-electron chi connectivity index (χ2n) is 8.01. The number of likely N-dealkylation sites (tertiary alicyclic amines) is 1. The van der Waals surface area contributed by atoms with Crippen molar-refractivity contribution in [3.63, 3.8) is 0 Å². The Kier molecular flexibility index (Phi) is 6.17. The summed E-state index contributed by atoms with van der Waals surface area (Å²) in [5.41, 5.74) is 1.84. The molecule has 1 aliphatic heterocycles. The van der Waals surface area contributed by atoms with Crippen LogP contribution in [0.2, 0.25) is 0 Å². The summed E-state index contributed by atoms with van der Waals surface area (Å²) in [6.07, 6.45) is 9.17. The fourth-order valence-corrected chi connectivity index (χ4v) is 4.46. The van der Waals surface area contributed by atoms with Crippen molar-refractivity contribution >= 4 is 5.82 Å². The molecule has 3 heterocycles. The summed E-state index contributed by atoms with van der Waals surface area (Å²) < 4.78 is 0. The quantitative estimate of drug-likeness (QED) is 0.828. The minimum atomic E-state index is -0.145. The number of piperidine rings is 1. The first kappa shape index (κ1) is 19.3. The van der Waals surface area contributed by atoms with Crippen LogP contribution in [0.25, 0.3) is 11.5 Å². The molecule has 6 heteroatoms. The minimum absolute atomic E-state index is 0.145. The molecule has 2 unspecified atom stereocenters. The maximum absolute atomic E-state index is 10.3. The lowest BCUT2D eigenvalue weighted by atomic mass is 9.89. The van der Waals surface area contributed by atoms with Crippen LogP contribution in [0.1, 0.15) is 51.1 Å². The molecule has 2 aromatic heterocycles. The smallest absolute Gasteiger partial charge is 0.180 e. The second kappa shape index (κ2) is 8.97. The van der Waals surface area contributed by atoms with Gasteiger partial charge in [-0.2, -0.15) is 0 Å². The van der Waals surface area contributed by atoms with Crippen LogP contribution in [0.5, 0.6) is 0 Å². The number of nitrogens with zero attached hydrogens (tertiary/aromatic N) is 4. The second-order valence-corrected chi connectivity index (χ2v) is 8.01. The number of hydrogen-bond acceptors (Lipinski definition) is 6. The maximum atomic E-state index is 10.3. The average molecular weight is 382 g/mol. The van der Waals surface area contributed by atoms with E-state index in [4.69, 9.17) is 4.98 Å². The van der Waals surface area contributed by atoms with Gasteiger partial charge in [0, 0.05) is 43.1 Å². The van der Waals surface area contributed by atoms with E-state index in [-0.39, 0.29) is 6.10 Å². The van der Waals surface area contributed by atoms with Gasteiger partial charge >= 0.3 is 0 Å². The van der Waals surface area contributed by atoms with Gasteiger partial charge < -0.3 is 10.4 Å². The molecule has 0 bridgehead atoms. The molecule has 2 N–H and O–H groups in total. The van der Waals surface area contributed by atoms with Gasteiger partial charge in [-0.05, 0) is 44.2 Å². The van der Waals surface area contributed by atoms with E-state index in [0.717, 1.165) is 62.4 Å². The Balaban J connectivity index is 1.41. The van der Waals surface area contributed by atoms with Crippen molar-refractivity contribution in [3.05, 3.63) is 36.2 Å². The number of pyridine rings is 1. The Hall–Kier alpha value is -2.05. The van der Waals surface area contributed by atoms with Crippen LogP contribution in [0.4, 0.5) is 5.82 Å². The SMILES string of the molecule is CCc1cc(NC2CCN(C3CCCCC3O)CC2)nc(-c2ccccn2)n1. The predicted molar refractivity (Wildman–Crippen MR) is 111 cm³/mol. The number of anilines is 1. The summed E-state index contributed by atoms with van der Waals surface area (Å²) in [6.45, 7) is 4.19. The molecule has 1 saturated carbocycles. The van der Waals surface area contributed by atoms with E-state index in [1.54, 1.807) is 6.20 Å². The van der Waals surface area contributed by atoms with E-state index in [9.17, 15) is 5.11 Å². The largest absolute Gasteiger partial charge is 0.391 e. The molecule has 0 aromatic carbocycles. The van der Waals surface area contributed by atoms with Crippen molar-refractivity contribution < 1.29 is 5.11 Å². The first-order chi connectivity index (χ1) is 13.7. The van der Waals surface area contributed by atoms with Gasteiger partial charge in [-0.25, -0.2) is 9.97 Å². The van der Waals surface area contributed by atoms with E-state index in [0.29, 0.717) is 17.9 Å². The van der Waals surface area contributed by atoms with Crippen molar-refractivity contribution in [1.29, 1.82) is 0 Å². The summed E-state index contributed by atoms with van der Waals surface area (Å²) in [4.78, 5) is 16.3. The lowest BCUT2D eigenvalue weighted by Gasteiger charge is -2.41. The number of aliphatic hydroxyl groups is 1. The van der Waals surface area contributed by atoms with E-state index in [1.165, 1.54) is 12.8 Å².